The van der Waals surface area contributed by atoms with Gasteiger partial charge in [0, 0.05) is 6.04 Å². The molecule has 0 aliphatic carbocycles. The summed E-state index contributed by atoms with van der Waals surface area (Å²) in [5, 5.41) is 0.110. The minimum Gasteiger partial charge on any atom is -0.489 e. The third kappa shape index (κ3) is 4.22. The molecule has 0 radical (unpaired) electrons. The van der Waals surface area contributed by atoms with Crippen LogP contribution in [0.1, 0.15) is 18.1 Å². The van der Waals surface area contributed by atoms with Crippen LogP contribution in [0.2, 0.25) is 5.02 Å². The lowest BCUT2D eigenvalue weighted by Crippen LogP contribution is -2.17. The molecule has 0 aromatic heterocycles. The highest BCUT2D eigenvalue weighted by Crippen LogP contribution is 2.19. The molecule has 4 heteroatoms. The minimum atomic E-state index is -0.421. The Morgan fingerprint density at radius 1 is 1.15 bits per heavy atom. The topological polar surface area (TPSA) is 35.2 Å². The van der Waals surface area contributed by atoms with Crippen LogP contribution in [0.15, 0.2) is 42.5 Å². The molecule has 0 amide bonds. The molecule has 2 aromatic rings. The quantitative estimate of drug-likeness (QED) is 0.906. The molecule has 2 rings (SSSR count). The molecule has 0 spiro atoms. The summed E-state index contributed by atoms with van der Waals surface area (Å²) < 4.78 is 18.7. The molecule has 2 aromatic carbocycles. The Bertz CT molecular complexity index is 569. The van der Waals surface area contributed by atoms with Gasteiger partial charge in [0.15, 0.2) is 0 Å². The van der Waals surface area contributed by atoms with Crippen molar-refractivity contribution in [2.24, 2.45) is 5.73 Å². The lowest BCUT2D eigenvalue weighted by atomic mass is 10.1. The Labute approximate surface area is 123 Å². The van der Waals surface area contributed by atoms with Crippen molar-refractivity contribution in [2.75, 3.05) is 0 Å². The molecule has 1 unspecified atom stereocenters. The van der Waals surface area contributed by atoms with Crippen LogP contribution in [-0.2, 0) is 13.0 Å². The maximum Gasteiger partial charge on any atom is 0.141 e. The molecular formula is C16H17ClFNO. The van der Waals surface area contributed by atoms with Gasteiger partial charge in [0.1, 0.15) is 18.2 Å². The second-order valence-electron chi connectivity index (χ2n) is 4.86. The van der Waals surface area contributed by atoms with Gasteiger partial charge in [-0.1, -0.05) is 29.8 Å². The predicted octanol–water partition coefficient (Wildman–Crippen LogP) is 3.95. The van der Waals surface area contributed by atoms with Crippen molar-refractivity contribution < 1.29 is 9.13 Å². The molecule has 20 heavy (non-hydrogen) atoms. The van der Waals surface area contributed by atoms with Gasteiger partial charge in [0.25, 0.3) is 0 Å². The number of hydrogen-bond donors (Lipinski definition) is 1. The van der Waals surface area contributed by atoms with E-state index in [0.717, 1.165) is 17.7 Å². The van der Waals surface area contributed by atoms with Crippen LogP contribution in [0.3, 0.4) is 0 Å². The van der Waals surface area contributed by atoms with E-state index in [4.69, 9.17) is 22.1 Å². The Balaban J connectivity index is 1.95. The largest absolute Gasteiger partial charge is 0.489 e. The van der Waals surface area contributed by atoms with E-state index in [1.165, 1.54) is 11.6 Å². The van der Waals surface area contributed by atoms with E-state index in [0.29, 0.717) is 6.61 Å². The Morgan fingerprint density at radius 2 is 1.80 bits per heavy atom. The third-order valence-corrected chi connectivity index (χ3v) is 3.16. The summed E-state index contributed by atoms with van der Waals surface area (Å²) in [7, 11) is 0. The Morgan fingerprint density at radius 3 is 2.40 bits per heavy atom. The first-order valence-electron chi connectivity index (χ1n) is 6.46. The van der Waals surface area contributed by atoms with Gasteiger partial charge in [0.2, 0.25) is 0 Å². The molecule has 1 atom stereocenters. The van der Waals surface area contributed by atoms with E-state index in [9.17, 15) is 4.39 Å². The highest BCUT2D eigenvalue weighted by molar-refractivity contribution is 6.30. The second-order valence-corrected chi connectivity index (χ2v) is 5.27. The van der Waals surface area contributed by atoms with Crippen molar-refractivity contribution in [1.82, 2.24) is 0 Å². The fraction of sp³-hybridized carbons (Fsp3) is 0.250. The fourth-order valence-corrected chi connectivity index (χ4v) is 2.09. The highest BCUT2D eigenvalue weighted by atomic mass is 35.5. The highest BCUT2D eigenvalue weighted by Gasteiger charge is 2.03. The number of benzene rings is 2. The van der Waals surface area contributed by atoms with Gasteiger partial charge >= 0.3 is 0 Å². The van der Waals surface area contributed by atoms with E-state index in [1.807, 2.05) is 31.2 Å². The van der Waals surface area contributed by atoms with Crippen LogP contribution < -0.4 is 10.5 Å². The monoisotopic (exact) mass is 293 g/mol. The van der Waals surface area contributed by atoms with Crippen molar-refractivity contribution >= 4 is 11.6 Å². The van der Waals surface area contributed by atoms with Crippen LogP contribution in [0.25, 0.3) is 0 Å². The summed E-state index contributed by atoms with van der Waals surface area (Å²) in [4.78, 5) is 0. The van der Waals surface area contributed by atoms with Gasteiger partial charge in [-0.2, -0.15) is 0 Å². The standard InChI is InChI=1S/C16H17ClFNO/c1-11(19)8-12-2-5-14(6-3-12)20-10-13-4-7-16(18)15(17)9-13/h2-7,9,11H,8,10,19H2,1H3. The van der Waals surface area contributed by atoms with Crippen molar-refractivity contribution in [1.29, 1.82) is 0 Å². The molecule has 0 bridgehead atoms. The number of nitrogens with two attached hydrogens (primary N) is 1. The summed E-state index contributed by atoms with van der Waals surface area (Å²) in [5.74, 6) is 0.342. The van der Waals surface area contributed by atoms with Gasteiger partial charge in [-0.05, 0) is 48.7 Å². The van der Waals surface area contributed by atoms with Crippen molar-refractivity contribution in [3.8, 4) is 5.75 Å². The third-order valence-electron chi connectivity index (χ3n) is 2.87. The number of ether oxygens (including phenoxy) is 1. The van der Waals surface area contributed by atoms with E-state index in [1.54, 1.807) is 12.1 Å². The van der Waals surface area contributed by atoms with Crippen LogP contribution >= 0.6 is 11.6 Å². The Kier molecular flexibility index (Phi) is 4.99. The molecule has 0 fully saturated rings. The zero-order valence-electron chi connectivity index (χ0n) is 11.3. The molecule has 0 aliphatic heterocycles. The molecule has 106 valence electrons. The molecule has 0 heterocycles. The van der Waals surface area contributed by atoms with Crippen LogP contribution in [0.4, 0.5) is 4.39 Å². The lowest BCUT2D eigenvalue weighted by Gasteiger charge is -2.09. The van der Waals surface area contributed by atoms with E-state index in [-0.39, 0.29) is 11.1 Å². The molecule has 2 N–H and O–H groups in total. The van der Waals surface area contributed by atoms with Gasteiger partial charge in [-0.15, -0.1) is 0 Å². The van der Waals surface area contributed by atoms with E-state index >= 15 is 0 Å². The predicted molar refractivity (Wildman–Crippen MR) is 79.5 cm³/mol. The first-order valence-corrected chi connectivity index (χ1v) is 6.83. The van der Waals surface area contributed by atoms with E-state index in [2.05, 4.69) is 0 Å². The van der Waals surface area contributed by atoms with Crippen LogP contribution in [-0.4, -0.2) is 6.04 Å². The van der Waals surface area contributed by atoms with Crippen molar-refractivity contribution in [3.05, 3.63) is 64.4 Å². The number of hydrogen-bond acceptors (Lipinski definition) is 2. The zero-order valence-corrected chi connectivity index (χ0v) is 12.0. The van der Waals surface area contributed by atoms with Gasteiger partial charge in [0.05, 0.1) is 5.02 Å². The minimum absolute atomic E-state index is 0.110. The maximum absolute atomic E-state index is 13.0. The Hall–Kier alpha value is -1.58. The van der Waals surface area contributed by atoms with Gasteiger partial charge in [-0.3, -0.25) is 0 Å². The molecule has 2 nitrogen and oxygen atoms in total. The fourth-order valence-electron chi connectivity index (χ4n) is 1.89. The molecule has 0 saturated carbocycles. The van der Waals surface area contributed by atoms with Crippen LogP contribution in [0.5, 0.6) is 5.75 Å². The van der Waals surface area contributed by atoms with Crippen molar-refractivity contribution in [2.45, 2.75) is 26.0 Å². The second kappa shape index (κ2) is 6.73. The lowest BCUT2D eigenvalue weighted by molar-refractivity contribution is 0.306. The maximum atomic E-state index is 13.0. The number of halogens is 2. The van der Waals surface area contributed by atoms with E-state index < -0.39 is 5.82 Å². The first-order chi connectivity index (χ1) is 9.54. The number of rotatable bonds is 5. The molecular weight excluding hydrogens is 277 g/mol. The average Bonchev–Trinajstić information content (AvgIpc) is 2.41. The molecule has 0 saturated heterocycles. The molecule has 0 aliphatic rings. The smallest absolute Gasteiger partial charge is 0.141 e. The summed E-state index contributed by atoms with van der Waals surface area (Å²) in [6, 6.07) is 12.5. The summed E-state index contributed by atoms with van der Waals surface area (Å²) >= 11 is 5.72. The van der Waals surface area contributed by atoms with Gasteiger partial charge in [-0.25, -0.2) is 4.39 Å². The first kappa shape index (κ1) is 14.8. The van der Waals surface area contributed by atoms with Crippen molar-refractivity contribution in [3.63, 3.8) is 0 Å². The summed E-state index contributed by atoms with van der Waals surface area (Å²) in [6.07, 6.45) is 0.841. The SMILES string of the molecule is CC(N)Cc1ccc(OCc2ccc(F)c(Cl)c2)cc1. The zero-order chi connectivity index (χ0) is 14.5. The summed E-state index contributed by atoms with van der Waals surface area (Å²) in [6.45, 7) is 2.33. The average molecular weight is 294 g/mol. The van der Waals surface area contributed by atoms with Gasteiger partial charge < -0.3 is 10.5 Å². The normalized spacial score (nSPS) is 12.2. The summed E-state index contributed by atoms with van der Waals surface area (Å²) in [5.41, 5.74) is 7.76. The van der Waals surface area contributed by atoms with Crippen LogP contribution in [0, 0.1) is 5.82 Å².